The maximum Gasteiger partial charge on any atom is 0.137 e. The van der Waals surface area contributed by atoms with Crippen LogP contribution in [-0.4, -0.2) is 41.3 Å². The Balaban J connectivity index is 1.76. The van der Waals surface area contributed by atoms with Crippen molar-refractivity contribution in [1.82, 2.24) is 15.3 Å². The standard InChI is InChI=1S/C15H21ClN4O/c16-12-4-5-13-14(10-12)19-11-20-15(13)18-7-3-1-2-6-17-8-9-21/h4-5,10-11,17,21H,1-3,6-9H2,(H,18,19,20). The van der Waals surface area contributed by atoms with E-state index < -0.39 is 0 Å². The Morgan fingerprint density at radius 2 is 1.90 bits per heavy atom. The molecule has 0 atom stereocenters. The predicted octanol–water partition coefficient (Wildman–Crippen LogP) is 2.45. The summed E-state index contributed by atoms with van der Waals surface area (Å²) in [5.74, 6) is 0.857. The molecule has 2 aromatic rings. The smallest absolute Gasteiger partial charge is 0.137 e. The fourth-order valence-electron chi connectivity index (χ4n) is 2.13. The van der Waals surface area contributed by atoms with Crippen molar-refractivity contribution in [3.63, 3.8) is 0 Å². The number of aromatic nitrogens is 2. The first-order chi connectivity index (χ1) is 10.3. The van der Waals surface area contributed by atoms with Crippen LogP contribution in [-0.2, 0) is 0 Å². The number of benzene rings is 1. The third kappa shape index (κ3) is 5.12. The second kappa shape index (κ2) is 8.77. The van der Waals surface area contributed by atoms with Crippen molar-refractivity contribution >= 4 is 28.3 Å². The van der Waals surface area contributed by atoms with Crippen molar-refractivity contribution in [2.24, 2.45) is 0 Å². The maximum atomic E-state index is 8.64. The number of aliphatic hydroxyl groups excluding tert-OH is 1. The maximum absolute atomic E-state index is 8.64. The zero-order chi connectivity index (χ0) is 14.9. The number of halogens is 1. The molecule has 0 aliphatic carbocycles. The summed E-state index contributed by atoms with van der Waals surface area (Å²) in [7, 11) is 0. The molecular formula is C15H21ClN4O. The molecule has 0 unspecified atom stereocenters. The number of fused-ring (bicyclic) bond motifs is 1. The molecule has 3 N–H and O–H groups in total. The third-order valence-electron chi connectivity index (χ3n) is 3.21. The molecule has 1 aromatic carbocycles. The summed E-state index contributed by atoms with van der Waals surface area (Å²) in [6.07, 6.45) is 4.89. The first kappa shape index (κ1) is 15.9. The first-order valence-corrected chi connectivity index (χ1v) is 7.65. The number of unbranched alkanes of at least 4 members (excludes halogenated alkanes) is 2. The van der Waals surface area contributed by atoms with Gasteiger partial charge in [0.1, 0.15) is 12.1 Å². The highest BCUT2D eigenvalue weighted by molar-refractivity contribution is 6.31. The van der Waals surface area contributed by atoms with Crippen LogP contribution < -0.4 is 10.6 Å². The average molecular weight is 309 g/mol. The summed E-state index contributed by atoms with van der Waals surface area (Å²) in [6.45, 7) is 2.71. The number of hydrogen-bond donors (Lipinski definition) is 3. The van der Waals surface area contributed by atoms with E-state index in [0.717, 1.165) is 49.1 Å². The van der Waals surface area contributed by atoms with Gasteiger partial charge in [0.05, 0.1) is 12.1 Å². The Bertz CT molecular complexity index is 564. The van der Waals surface area contributed by atoms with Crippen molar-refractivity contribution in [2.45, 2.75) is 19.3 Å². The lowest BCUT2D eigenvalue weighted by Crippen LogP contribution is -2.19. The van der Waals surface area contributed by atoms with Gasteiger partial charge in [-0.25, -0.2) is 9.97 Å². The van der Waals surface area contributed by atoms with Gasteiger partial charge in [0, 0.05) is 23.5 Å². The van der Waals surface area contributed by atoms with E-state index in [0.29, 0.717) is 11.6 Å². The molecule has 6 heteroatoms. The van der Waals surface area contributed by atoms with Gasteiger partial charge in [0.25, 0.3) is 0 Å². The van der Waals surface area contributed by atoms with Crippen LogP contribution in [0.4, 0.5) is 5.82 Å². The summed E-state index contributed by atoms with van der Waals surface area (Å²) in [4.78, 5) is 8.51. The quantitative estimate of drug-likeness (QED) is 0.621. The Morgan fingerprint density at radius 3 is 2.76 bits per heavy atom. The summed E-state index contributed by atoms with van der Waals surface area (Å²) in [5, 5.41) is 16.8. The van der Waals surface area contributed by atoms with Crippen LogP contribution in [0.1, 0.15) is 19.3 Å². The first-order valence-electron chi connectivity index (χ1n) is 7.27. The number of rotatable bonds is 9. The molecule has 0 amide bonds. The van der Waals surface area contributed by atoms with E-state index in [9.17, 15) is 0 Å². The highest BCUT2D eigenvalue weighted by Gasteiger charge is 2.03. The zero-order valence-electron chi connectivity index (χ0n) is 12.0. The van der Waals surface area contributed by atoms with E-state index in [4.69, 9.17) is 16.7 Å². The normalized spacial score (nSPS) is 11.0. The lowest BCUT2D eigenvalue weighted by Gasteiger charge is -2.08. The van der Waals surface area contributed by atoms with Gasteiger partial charge in [-0.05, 0) is 37.6 Å². The van der Waals surface area contributed by atoms with E-state index in [1.54, 1.807) is 6.33 Å². The van der Waals surface area contributed by atoms with Gasteiger partial charge in [-0.15, -0.1) is 0 Å². The van der Waals surface area contributed by atoms with Gasteiger partial charge < -0.3 is 15.7 Å². The average Bonchev–Trinajstić information content (AvgIpc) is 2.49. The van der Waals surface area contributed by atoms with Crippen LogP contribution in [0.15, 0.2) is 24.5 Å². The van der Waals surface area contributed by atoms with Gasteiger partial charge in [-0.2, -0.15) is 0 Å². The molecule has 1 heterocycles. The van der Waals surface area contributed by atoms with Gasteiger partial charge in [0.2, 0.25) is 0 Å². The molecular weight excluding hydrogens is 288 g/mol. The van der Waals surface area contributed by atoms with E-state index in [-0.39, 0.29) is 6.61 Å². The van der Waals surface area contributed by atoms with E-state index in [1.165, 1.54) is 0 Å². The second-order valence-electron chi connectivity index (χ2n) is 4.84. The summed E-state index contributed by atoms with van der Waals surface area (Å²) in [6, 6.07) is 5.64. The molecule has 0 radical (unpaired) electrons. The van der Waals surface area contributed by atoms with Gasteiger partial charge >= 0.3 is 0 Å². The molecule has 5 nitrogen and oxygen atoms in total. The molecule has 2 rings (SSSR count). The number of aliphatic hydroxyl groups is 1. The van der Waals surface area contributed by atoms with Crippen molar-refractivity contribution in [3.8, 4) is 0 Å². The third-order valence-corrected chi connectivity index (χ3v) is 3.45. The van der Waals surface area contributed by atoms with Crippen LogP contribution in [0, 0.1) is 0 Å². The van der Waals surface area contributed by atoms with Crippen molar-refractivity contribution in [1.29, 1.82) is 0 Å². The molecule has 0 aliphatic heterocycles. The molecule has 114 valence electrons. The highest BCUT2D eigenvalue weighted by atomic mass is 35.5. The zero-order valence-corrected chi connectivity index (χ0v) is 12.7. The van der Waals surface area contributed by atoms with Crippen molar-refractivity contribution in [3.05, 3.63) is 29.5 Å². The summed E-state index contributed by atoms with van der Waals surface area (Å²) >= 11 is 5.97. The van der Waals surface area contributed by atoms with E-state index in [2.05, 4.69) is 20.6 Å². The molecule has 0 saturated heterocycles. The fourth-order valence-corrected chi connectivity index (χ4v) is 2.30. The Kier molecular flexibility index (Phi) is 6.66. The number of anilines is 1. The minimum absolute atomic E-state index is 0.201. The largest absolute Gasteiger partial charge is 0.395 e. The molecule has 0 spiro atoms. The lowest BCUT2D eigenvalue weighted by atomic mass is 10.2. The minimum Gasteiger partial charge on any atom is -0.395 e. The predicted molar refractivity (Wildman–Crippen MR) is 86.8 cm³/mol. The van der Waals surface area contributed by atoms with Crippen LogP contribution in [0.5, 0.6) is 0 Å². The molecule has 0 bridgehead atoms. The molecule has 0 aliphatic rings. The van der Waals surface area contributed by atoms with Gasteiger partial charge in [0.15, 0.2) is 0 Å². The van der Waals surface area contributed by atoms with Crippen LogP contribution >= 0.6 is 11.6 Å². The van der Waals surface area contributed by atoms with Crippen LogP contribution in [0.3, 0.4) is 0 Å². The van der Waals surface area contributed by atoms with Crippen LogP contribution in [0.2, 0.25) is 5.02 Å². The second-order valence-corrected chi connectivity index (χ2v) is 5.28. The van der Waals surface area contributed by atoms with Gasteiger partial charge in [-0.1, -0.05) is 18.0 Å². The van der Waals surface area contributed by atoms with Crippen LogP contribution in [0.25, 0.3) is 10.9 Å². The van der Waals surface area contributed by atoms with Gasteiger partial charge in [-0.3, -0.25) is 0 Å². The number of nitrogens with one attached hydrogen (secondary N) is 2. The lowest BCUT2D eigenvalue weighted by molar-refractivity contribution is 0.292. The number of nitrogens with zero attached hydrogens (tertiary/aromatic N) is 2. The minimum atomic E-state index is 0.201. The van der Waals surface area contributed by atoms with E-state index >= 15 is 0 Å². The molecule has 0 fully saturated rings. The van der Waals surface area contributed by atoms with Crippen molar-refractivity contribution < 1.29 is 5.11 Å². The monoisotopic (exact) mass is 308 g/mol. The van der Waals surface area contributed by atoms with Crippen molar-refractivity contribution in [2.75, 3.05) is 31.6 Å². The number of hydrogen-bond acceptors (Lipinski definition) is 5. The molecule has 0 saturated carbocycles. The Labute approximate surface area is 129 Å². The SMILES string of the molecule is OCCNCCCCCNc1ncnc2cc(Cl)ccc12. The summed E-state index contributed by atoms with van der Waals surface area (Å²) in [5.41, 5.74) is 0.855. The fraction of sp³-hybridized carbons (Fsp3) is 0.467. The van der Waals surface area contributed by atoms with E-state index in [1.807, 2.05) is 18.2 Å². The molecule has 1 aromatic heterocycles. The Hall–Kier alpha value is -1.43. The summed E-state index contributed by atoms with van der Waals surface area (Å²) < 4.78 is 0. The Morgan fingerprint density at radius 1 is 1.05 bits per heavy atom. The molecule has 21 heavy (non-hydrogen) atoms. The highest BCUT2D eigenvalue weighted by Crippen LogP contribution is 2.22. The topological polar surface area (TPSA) is 70.1 Å².